The van der Waals surface area contributed by atoms with E-state index >= 15 is 0 Å². The number of sulfonamides is 1. The smallest absolute Gasteiger partial charge is 0.255 e. The van der Waals surface area contributed by atoms with Gasteiger partial charge in [0.05, 0.1) is 17.5 Å². The molecule has 1 aromatic carbocycles. The summed E-state index contributed by atoms with van der Waals surface area (Å²) in [6.07, 6.45) is 3.31. The highest BCUT2D eigenvalue weighted by Gasteiger charge is 2.29. The number of benzene rings is 1. The van der Waals surface area contributed by atoms with Gasteiger partial charge in [0, 0.05) is 38.5 Å². The Labute approximate surface area is 173 Å². The van der Waals surface area contributed by atoms with Gasteiger partial charge in [0.2, 0.25) is 10.0 Å². The van der Waals surface area contributed by atoms with Crippen molar-refractivity contribution < 1.29 is 17.2 Å². The summed E-state index contributed by atoms with van der Waals surface area (Å²) in [5.74, 6) is -1.08. The van der Waals surface area contributed by atoms with Gasteiger partial charge in [-0.2, -0.15) is 4.31 Å². The molecule has 1 atom stereocenters. The van der Waals surface area contributed by atoms with Gasteiger partial charge in [0.25, 0.3) is 5.56 Å². The van der Waals surface area contributed by atoms with E-state index in [0.29, 0.717) is 48.7 Å². The molecule has 2 aliphatic heterocycles. The number of rotatable bonds is 4. The SMILES string of the molecule is CS(=O)(=O)N1CCc2nc(C3CCCN(Cc4ccc(F)c(F)c4)C3)[nH]c(=O)c2C1. The van der Waals surface area contributed by atoms with E-state index in [9.17, 15) is 22.0 Å². The third kappa shape index (κ3) is 4.45. The van der Waals surface area contributed by atoms with Gasteiger partial charge in [0.15, 0.2) is 11.6 Å². The second kappa shape index (κ2) is 8.16. The fourth-order valence-corrected chi connectivity index (χ4v) is 5.00. The third-order valence-electron chi connectivity index (χ3n) is 5.80. The molecule has 0 spiro atoms. The summed E-state index contributed by atoms with van der Waals surface area (Å²) >= 11 is 0. The molecule has 2 aliphatic rings. The van der Waals surface area contributed by atoms with Crippen molar-refractivity contribution in [2.24, 2.45) is 0 Å². The summed E-state index contributed by atoms with van der Waals surface area (Å²) in [6, 6.07) is 3.93. The molecular weight excluding hydrogens is 414 g/mol. The van der Waals surface area contributed by atoms with Gasteiger partial charge in [-0.1, -0.05) is 6.07 Å². The second-order valence-electron chi connectivity index (χ2n) is 8.05. The Morgan fingerprint density at radius 3 is 2.77 bits per heavy atom. The van der Waals surface area contributed by atoms with E-state index in [1.54, 1.807) is 6.07 Å². The first-order valence-corrected chi connectivity index (χ1v) is 11.8. The average molecular weight is 439 g/mol. The number of piperidine rings is 1. The minimum Gasteiger partial charge on any atom is -0.310 e. The third-order valence-corrected chi connectivity index (χ3v) is 7.05. The number of aromatic nitrogens is 2. The first-order chi connectivity index (χ1) is 14.2. The maximum absolute atomic E-state index is 13.5. The Morgan fingerprint density at radius 1 is 1.23 bits per heavy atom. The van der Waals surface area contributed by atoms with E-state index in [-0.39, 0.29) is 18.0 Å². The molecule has 1 saturated heterocycles. The molecule has 4 rings (SSSR count). The van der Waals surface area contributed by atoms with Gasteiger partial charge in [-0.25, -0.2) is 22.2 Å². The lowest BCUT2D eigenvalue weighted by Crippen LogP contribution is -2.40. The molecule has 1 fully saturated rings. The monoisotopic (exact) mass is 438 g/mol. The number of nitrogens with one attached hydrogen (secondary N) is 1. The molecule has 0 bridgehead atoms. The Balaban J connectivity index is 1.51. The summed E-state index contributed by atoms with van der Waals surface area (Å²) in [5, 5.41) is 0. The molecule has 0 aliphatic carbocycles. The zero-order valence-electron chi connectivity index (χ0n) is 16.7. The van der Waals surface area contributed by atoms with E-state index < -0.39 is 21.7 Å². The van der Waals surface area contributed by atoms with Crippen molar-refractivity contribution in [3.63, 3.8) is 0 Å². The van der Waals surface area contributed by atoms with Crippen molar-refractivity contribution in [1.82, 2.24) is 19.2 Å². The largest absolute Gasteiger partial charge is 0.310 e. The molecule has 3 heterocycles. The molecule has 30 heavy (non-hydrogen) atoms. The van der Waals surface area contributed by atoms with Crippen LogP contribution in [-0.4, -0.2) is 53.5 Å². The number of fused-ring (bicyclic) bond motifs is 1. The Bertz CT molecular complexity index is 1120. The van der Waals surface area contributed by atoms with E-state index in [1.807, 2.05) is 0 Å². The van der Waals surface area contributed by atoms with E-state index in [1.165, 1.54) is 10.4 Å². The van der Waals surface area contributed by atoms with Crippen molar-refractivity contribution in [2.75, 3.05) is 25.9 Å². The molecule has 10 heteroatoms. The van der Waals surface area contributed by atoms with Crippen LogP contribution in [0.15, 0.2) is 23.0 Å². The predicted molar refractivity (Wildman–Crippen MR) is 107 cm³/mol. The molecule has 0 amide bonds. The van der Waals surface area contributed by atoms with Crippen LogP contribution in [0.5, 0.6) is 0 Å². The molecule has 1 unspecified atom stereocenters. The number of H-pyrrole nitrogens is 1. The number of hydrogen-bond donors (Lipinski definition) is 1. The van der Waals surface area contributed by atoms with Crippen LogP contribution in [0.3, 0.4) is 0 Å². The number of hydrogen-bond acceptors (Lipinski definition) is 5. The second-order valence-corrected chi connectivity index (χ2v) is 10.0. The van der Waals surface area contributed by atoms with Crippen LogP contribution >= 0.6 is 0 Å². The number of aromatic amines is 1. The van der Waals surface area contributed by atoms with Gasteiger partial charge < -0.3 is 4.98 Å². The molecule has 7 nitrogen and oxygen atoms in total. The van der Waals surface area contributed by atoms with E-state index in [4.69, 9.17) is 0 Å². The molecule has 162 valence electrons. The van der Waals surface area contributed by atoms with Crippen LogP contribution in [0.2, 0.25) is 0 Å². The predicted octanol–water partition coefficient (Wildman–Crippen LogP) is 1.75. The zero-order valence-corrected chi connectivity index (χ0v) is 17.5. The highest BCUT2D eigenvalue weighted by Crippen LogP contribution is 2.27. The summed E-state index contributed by atoms with van der Waals surface area (Å²) in [4.78, 5) is 22.3. The fraction of sp³-hybridized carbons (Fsp3) is 0.500. The normalized spacial score (nSPS) is 20.8. The average Bonchev–Trinajstić information content (AvgIpc) is 2.70. The maximum atomic E-state index is 13.5. The lowest BCUT2D eigenvalue weighted by molar-refractivity contribution is 0.196. The van der Waals surface area contributed by atoms with Crippen LogP contribution in [0.25, 0.3) is 0 Å². The minimum absolute atomic E-state index is 0.0231. The maximum Gasteiger partial charge on any atom is 0.255 e. The van der Waals surface area contributed by atoms with Crippen LogP contribution in [0.4, 0.5) is 8.78 Å². The molecule has 1 aromatic heterocycles. The first-order valence-electron chi connectivity index (χ1n) is 9.94. The van der Waals surface area contributed by atoms with Crippen LogP contribution in [0.1, 0.15) is 41.4 Å². The lowest BCUT2D eigenvalue weighted by Gasteiger charge is -2.33. The van der Waals surface area contributed by atoms with Crippen LogP contribution in [-0.2, 0) is 29.5 Å². The standard InChI is InChI=1S/C20H24F2N4O3S/c1-30(28,29)26-8-6-18-15(12-26)20(27)24-19(23-18)14-3-2-7-25(11-14)10-13-4-5-16(21)17(22)9-13/h4-5,9,14H,2-3,6-8,10-12H2,1H3,(H,23,24,27). The first kappa shape index (κ1) is 21.1. The summed E-state index contributed by atoms with van der Waals surface area (Å²) in [6.45, 7) is 2.33. The van der Waals surface area contributed by atoms with Crippen molar-refractivity contribution >= 4 is 10.0 Å². The minimum atomic E-state index is -3.36. The summed E-state index contributed by atoms with van der Waals surface area (Å²) in [7, 11) is -3.36. The van der Waals surface area contributed by atoms with Gasteiger partial charge in [-0.05, 0) is 37.1 Å². The molecule has 0 radical (unpaired) electrons. The number of nitrogens with zero attached hydrogens (tertiary/aromatic N) is 3. The van der Waals surface area contributed by atoms with Gasteiger partial charge >= 0.3 is 0 Å². The topological polar surface area (TPSA) is 86.4 Å². The molecule has 0 saturated carbocycles. The van der Waals surface area contributed by atoms with Gasteiger partial charge in [-0.15, -0.1) is 0 Å². The molecular formula is C20H24F2N4O3S. The van der Waals surface area contributed by atoms with Gasteiger partial charge in [0.1, 0.15) is 5.82 Å². The highest BCUT2D eigenvalue weighted by molar-refractivity contribution is 7.88. The van der Waals surface area contributed by atoms with E-state index in [2.05, 4.69) is 14.9 Å². The van der Waals surface area contributed by atoms with Crippen molar-refractivity contribution in [3.05, 3.63) is 62.8 Å². The quantitative estimate of drug-likeness (QED) is 0.786. The van der Waals surface area contributed by atoms with Crippen molar-refractivity contribution in [3.8, 4) is 0 Å². The Morgan fingerprint density at radius 2 is 2.03 bits per heavy atom. The Hall–Kier alpha value is -2.17. The van der Waals surface area contributed by atoms with Crippen molar-refractivity contribution in [2.45, 2.75) is 38.3 Å². The lowest BCUT2D eigenvalue weighted by atomic mass is 9.96. The summed E-state index contributed by atoms with van der Waals surface area (Å²) in [5.41, 5.74) is 1.47. The fourth-order valence-electron chi connectivity index (χ4n) is 4.21. The van der Waals surface area contributed by atoms with E-state index in [0.717, 1.165) is 31.7 Å². The number of halogens is 2. The number of likely N-dealkylation sites (tertiary alicyclic amines) is 1. The molecule has 1 N–H and O–H groups in total. The molecule has 2 aromatic rings. The Kier molecular flexibility index (Phi) is 5.73. The highest BCUT2D eigenvalue weighted by atomic mass is 32.2. The summed E-state index contributed by atoms with van der Waals surface area (Å²) < 4.78 is 51.5. The van der Waals surface area contributed by atoms with Gasteiger partial charge in [-0.3, -0.25) is 9.69 Å². The van der Waals surface area contributed by atoms with Crippen LogP contribution < -0.4 is 5.56 Å². The van der Waals surface area contributed by atoms with Crippen molar-refractivity contribution in [1.29, 1.82) is 0 Å². The zero-order chi connectivity index (χ0) is 21.5. The van der Waals surface area contributed by atoms with Crippen LogP contribution in [0, 0.1) is 11.6 Å².